The number of benzene rings is 1. The lowest BCUT2D eigenvalue weighted by Crippen LogP contribution is -2.39. The number of carbonyl (C=O) groups is 2. The van der Waals surface area contributed by atoms with Crippen LogP contribution in [0.2, 0.25) is 0 Å². The summed E-state index contributed by atoms with van der Waals surface area (Å²) in [4.78, 5) is 24.9. The lowest BCUT2D eigenvalue weighted by atomic mass is 10.1. The van der Waals surface area contributed by atoms with Crippen LogP contribution in [0.25, 0.3) is 0 Å². The Morgan fingerprint density at radius 2 is 2.10 bits per heavy atom. The van der Waals surface area contributed by atoms with Crippen molar-refractivity contribution in [2.45, 2.75) is 18.9 Å². The van der Waals surface area contributed by atoms with Gasteiger partial charge in [-0.3, -0.25) is 9.59 Å². The zero-order valence-electron chi connectivity index (χ0n) is 10.9. The molecule has 2 heterocycles. The fourth-order valence-electron chi connectivity index (χ4n) is 2.31. The fourth-order valence-corrected chi connectivity index (χ4v) is 2.31. The van der Waals surface area contributed by atoms with Crippen LogP contribution in [0.4, 0.5) is 0 Å². The van der Waals surface area contributed by atoms with Crippen molar-refractivity contribution in [2.24, 2.45) is 5.10 Å². The Bertz CT molecular complexity index is 556. The van der Waals surface area contributed by atoms with Crippen LogP contribution in [-0.2, 0) is 14.3 Å². The van der Waals surface area contributed by atoms with E-state index in [4.69, 9.17) is 4.74 Å². The van der Waals surface area contributed by atoms with Gasteiger partial charge in [-0.2, -0.15) is 5.10 Å². The number of hydrogen-bond donors (Lipinski definition) is 1. The highest BCUT2D eigenvalue weighted by molar-refractivity contribution is 6.39. The zero-order valence-corrected chi connectivity index (χ0v) is 10.9. The Kier molecular flexibility index (Phi) is 3.47. The predicted molar refractivity (Wildman–Crippen MR) is 71.7 cm³/mol. The molecule has 0 bridgehead atoms. The van der Waals surface area contributed by atoms with Crippen molar-refractivity contribution in [3.05, 3.63) is 35.9 Å². The van der Waals surface area contributed by atoms with Gasteiger partial charge in [0.05, 0.1) is 6.54 Å². The molecule has 2 aliphatic heterocycles. The summed E-state index contributed by atoms with van der Waals surface area (Å²) in [6.07, 6.45) is 0.595. The molecule has 0 aromatic heterocycles. The molecule has 1 N–H and O–H groups in total. The molecule has 1 saturated heterocycles. The standard InChI is InChI=1S/C14H15N3O3/c18-13-7-6-11(15-16-13)14(19)17-8-12(20-9-17)10-4-2-1-3-5-10/h1-5,12H,6-9H2,(H,16,18). The van der Waals surface area contributed by atoms with Crippen molar-refractivity contribution in [2.75, 3.05) is 13.3 Å². The number of hydrazone groups is 1. The second-order valence-corrected chi connectivity index (χ2v) is 4.82. The molecule has 6 heteroatoms. The van der Waals surface area contributed by atoms with Crippen LogP contribution in [0.5, 0.6) is 0 Å². The summed E-state index contributed by atoms with van der Waals surface area (Å²) in [5, 5.41) is 3.82. The quantitative estimate of drug-likeness (QED) is 0.866. The van der Waals surface area contributed by atoms with E-state index in [1.807, 2.05) is 30.3 Å². The summed E-state index contributed by atoms with van der Waals surface area (Å²) in [5.74, 6) is -0.315. The minimum atomic E-state index is -0.163. The monoisotopic (exact) mass is 273 g/mol. The number of amides is 2. The molecule has 1 fully saturated rings. The number of rotatable bonds is 2. The smallest absolute Gasteiger partial charge is 0.271 e. The topological polar surface area (TPSA) is 71.0 Å². The molecular weight excluding hydrogens is 258 g/mol. The molecule has 0 aliphatic carbocycles. The van der Waals surface area contributed by atoms with Gasteiger partial charge in [0.25, 0.3) is 5.91 Å². The SMILES string of the molecule is O=C1CCC(C(=O)N2COC(c3ccccc3)C2)=NN1. The Hall–Kier alpha value is -2.21. The molecular formula is C14H15N3O3. The molecule has 0 spiro atoms. The van der Waals surface area contributed by atoms with Gasteiger partial charge in [0.15, 0.2) is 0 Å². The predicted octanol–water partition coefficient (Wildman–Crippen LogP) is 0.810. The zero-order chi connectivity index (χ0) is 13.9. The van der Waals surface area contributed by atoms with Crippen LogP contribution < -0.4 is 5.43 Å². The normalized spacial score (nSPS) is 22.4. The Morgan fingerprint density at radius 3 is 2.80 bits per heavy atom. The van der Waals surface area contributed by atoms with Crippen LogP contribution in [0.15, 0.2) is 35.4 Å². The maximum Gasteiger partial charge on any atom is 0.271 e. The summed E-state index contributed by atoms with van der Waals surface area (Å²) in [6.45, 7) is 0.765. The third-order valence-corrected chi connectivity index (χ3v) is 3.43. The molecule has 1 aromatic carbocycles. The third kappa shape index (κ3) is 2.55. The molecule has 3 rings (SSSR count). The first-order chi connectivity index (χ1) is 9.74. The second kappa shape index (κ2) is 5.42. The number of ether oxygens (including phenoxy) is 1. The van der Waals surface area contributed by atoms with Gasteiger partial charge in [-0.25, -0.2) is 5.43 Å². The van der Waals surface area contributed by atoms with Crippen molar-refractivity contribution >= 4 is 17.5 Å². The van der Waals surface area contributed by atoms with Gasteiger partial charge >= 0.3 is 0 Å². The van der Waals surface area contributed by atoms with Gasteiger partial charge in [-0.05, 0) is 5.56 Å². The maximum absolute atomic E-state index is 12.2. The van der Waals surface area contributed by atoms with Crippen LogP contribution in [0.3, 0.4) is 0 Å². The van der Waals surface area contributed by atoms with E-state index in [9.17, 15) is 9.59 Å². The summed E-state index contributed by atoms with van der Waals surface area (Å²) in [7, 11) is 0. The molecule has 104 valence electrons. The second-order valence-electron chi connectivity index (χ2n) is 4.82. The molecule has 0 saturated carbocycles. The maximum atomic E-state index is 12.2. The van der Waals surface area contributed by atoms with Crippen molar-refractivity contribution in [3.63, 3.8) is 0 Å². The summed E-state index contributed by atoms with van der Waals surface area (Å²) in [6, 6.07) is 9.81. The molecule has 0 radical (unpaired) electrons. The molecule has 2 amide bonds. The molecule has 1 unspecified atom stereocenters. The largest absolute Gasteiger partial charge is 0.351 e. The highest BCUT2D eigenvalue weighted by Gasteiger charge is 2.31. The highest BCUT2D eigenvalue weighted by Crippen LogP contribution is 2.24. The molecule has 2 aliphatic rings. The first kappa shape index (κ1) is 12.8. The molecule has 1 aromatic rings. The van der Waals surface area contributed by atoms with E-state index in [0.29, 0.717) is 25.1 Å². The molecule has 20 heavy (non-hydrogen) atoms. The van der Waals surface area contributed by atoms with Gasteiger partial charge in [-0.15, -0.1) is 0 Å². The van der Waals surface area contributed by atoms with Gasteiger partial charge in [0, 0.05) is 12.8 Å². The van der Waals surface area contributed by atoms with Gasteiger partial charge in [-0.1, -0.05) is 30.3 Å². The van der Waals surface area contributed by atoms with E-state index in [-0.39, 0.29) is 24.6 Å². The minimum absolute atomic E-state index is 0.0982. The first-order valence-corrected chi connectivity index (χ1v) is 6.55. The highest BCUT2D eigenvalue weighted by atomic mass is 16.5. The fraction of sp³-hybridized carbons (Fsp3) is 0.357. The Labute approximate surface area is 116 Å². The van der Waals surface area contributed by atoms with Crippen molar-refractivity contribution < 1.29 is 14.3 Å². The number of hydrogen-bond acceptors (Lipinski definition) is 4. The van der Waals surface area contributed by atoms with Gasteiger partial charge in [0.2, 0.25) is 5.91 Å². The van der Waals surface area contributed by atoms with E-state index in [2.05, 4.69) is 10.5 Å². The van der Waals surface area contributed by atoms with Crippen LogP contribution >= 0.6 is 0 Å². The number of nitrogens with zero attached hydrogens (tertiary/aromatic N) is 2. The number of nitrogens with one attached hydrogen (secondary N) is 1. The van der Waals surface area contributed by atoms with Crippen LogP contribution in [-0.4, -0.2) is 35.7 Å². The molecule has 1 atom stereocenters. The number of carbonyl (C=O) groups excluding carboxylic acids is 2. The summed E-state index contributed by atoms with van der Waals surface area (Å²) < 4.78 is 5.65. The Balaban J connectivity index is 1.65. The van der Waals surface area contributed by atoms with Crippen LogP contribution in [0, 0.1) is 0 Å². The van der Waals surface area contributed by atoms with E-state index in [1.165, 1.54) is 0 Å². The van der Waals surface area contributed by atoms with E-state index >= 15 is 0 Å². The minimum Gasteiger partial charge on any atom is -0.351 e. The van der Waals surface area contributed by atoms with Crippen molar-refractivity contribution in [1.29, 1.82) is 0 Å². The Morgan fingerprint density at radius 1 is 1.30 bits per heavy atom. The van der Waals surface area contributed by atoms with Crippen molar-refractivity contribution in [3.8, 4) is 0 Å². The van der Waals surface area contributed by atoms with Crippen LogP contribution in [0.1, 0.15) is 24.5 Å². The summed E-state index contributed by atoms with van der Waals surface area (Å²) in [5.41, 5.74) is 3.79. The van der Waals surface area contributed by atoms with E-state index in [1.54, 1.807) is 4.90 Å². The first-order valence-electron chi connectivity index (χ1n) is 6.55. The lowest BCUT2D eigenvalue weighted by Gasteiger charge is -2.17. The average molecular weight is 273 g/mol. The third-order valence-electron chi connectivity index (χ3n) is 3.43. The lowest BCUT2D eigenvalue weighted by molar-refractivity contribution is -0.125. The van der Waals surface area contributed by atoms with Gasteiger partial charge < -0.3 is 9.64 Å². The van der Waals surface area contributed by atoms with E-state index in [0.717, 1.165) is 5.56 Å². The van der Waals surface area contributed by atoms with E-state index < -0.39 is 0 Å². The summed E-state index contributed by atoms with van der Waals surface area (Å²) >= 11 is 0. The molecule has 6 nitrogen and oxygen atoms in total. The van der Waals surface area contributed by atoms with Gasteiger partial charge in [0.1, 0.15) is 18.5 Å². The average Bonchev–Trinajstić information content (AvgIpc) is 2.98. The van der Waals surface area contributed by atoms with Crippen molar-refractivity contribution in [1.82, 2.24) is 10.3 Å².